The second-order valence-electron chi connectivity index (χ2n) is 12.2. The van der Waals surface area contributed by atoms with E-state index in [9.17, 15) is 59.1 Å². The molecule has 0 bridgehead atoms. The number of hydrogen-bond donors (Lipinski definition) is 3. The average Bonchev–Trinajstić information content (AvgIpc) is 2.97. The molecule has 1 aliphatic carbocycles. The van der Waals surface area contributed by atoms with Crippen LogP contribution in [0.5, 0.6) is 0 Å². The van der Waals surface area contributed by atoms with Gasteiger partial charge < -0.3 is 10.4 Å². The minimum Gasteiger partial charge on any atom is -0.382 e. The first-order chi connectivity index (χ1) is 22.1. The Kier molecular flexibility index (Phi) is 12.1. The van der Waals surface area contributed by atoms with Crippen molar-refractivity contribution in [2.75, 3.05) is 0 Å². The van der Waals surface area contributed by atoms with E-state index in [2.05, 4.69) is 10.6 Å². The quantitative estimate of drug-likeness (QED) is 0.200. The van der Waals surface area contributed by atoms with Crippen LogP contribution in [0.3, 0.4) is 0 Å². The summed E-state index contributed by atoms with van der Waals surface area (Å²) in [6, 6.07) is 2.71. The molecule has 6 atom stereocenters. The van der Waals surface area contributed by atoms with E-state index in [1.165, 1.54) is 49.4 Å². The number of nitrogens with zero attached hydrogens (tertiary/aromatic N) is 1. The molecular weight excluding hydrogens is 660 g/mol. The van der Waals surface area contributed by atoms with Gasteiger partial charge in [0.15, 0.2) is 0 Å². The number of hydrogen-bond acceptors (Lipinski definition) is 4. The number of carbonyl (C=O) groups is 1. The van der Waals surface area contributed by atoms with Crippen molar-refractivity contribution in [3.63, 3.8) is 0 Å². The van der Waals surface area contributed by atoms with Crippen molar-refractivity contribution in [1.82, 2.24) is 10.6 Å². The third-order valence-electron chi connectivity index (χ3n) is 7.77. The van der Waals surface area contributed by atoms with E-state index in [-0.39, 0.29) is 17.2 Å². The summed E-state index contributed by atoms with van der Waals surface area (Å²) in [5, 5.41) is 23.5. The molecule has 3 unspecified atom stereocenters. The van der Waals surface area contributed by atoms with Gasteiger partial charge >= 0.3 is 12.4 Å². The summed E-state index contributed by atoms with van der Waals surface area (Å²) in [5.74, 6) is -4.68. The van der Waals surface area contributed by atoms with Gasteiger partial charge in [0, 0.05) is 18.8 Å². The molecule has 48 heavy (non-hydrogen) atoms. The van der Waals surface area contributed by atoms with Gasteiger partial charge in [-0.25, -0.2) is 17.6 Å². The van der Waals surface area contributed by atoms with Crippen LogP contribution in [0.15, 0.2) is 60.7 Å². The van der Waals surface area contributed by atoms with Crippen LogP contribution in [0.25, 0.3) is 5.57 Å². The number of rotatable bonds is 12. The fourth-order valence-electron chi connectivity index (χ4n) is 5.33. The summed E-state index contributed by atoms with van der Waals surface area (Å²) in [4.78, 5) is 13.2. The molecule has 0 heterocycles. The first kappa shape index (κ1) is 38.5. The Hall–Kier alpha value is -3.90. The minimum absolute atomic E-state index is 0.0513. The van der Waals surface area contributed by atoms with E-state index in [0.29, 0.717) is 17.2 Å². The van der Waals surface area contributed by atoms with Crippen LogP contribution in [0.4, 0.5) is 43.9 Å². The molecule has 0 radical (unpaired) electrons. The molecule has 15 heteroatoms. The highest BCUT2D eigenvalue weighted by Gasteiger charge is 2.48. The Bertz CT molecular complexity index is 1520. The summed E-state index contributed by atoms with van der Waals surface area (Å²) in [7, 11) is 0. The summed E-state index contributed by atoms with van der Waals surface area (Å²) in [5.41, 5.74) is -2.96. The lowest BCUT2D eigenvalue weighted by Gasteiger charge is -2.36. The van der Waals surface area contributed by atoms with Crippen LogP contribution in [0.1, 0.15) is 55.5 Å². The van der Waals surface area contributed by atoms with E-state index >= 15 is 0 Å². The fourth-order valence-corrected chi connectivity index (χ4v) is 5.33. The van der Waals surface area contributed by atoms with Gasteiger partial charge in [-0.15, -0.1) is 0 Å². The van der Waals surface area contributed by atoms with E-state index in [1.54, 1.807) is 6.07 Å². The first-order valence-electron chi connectivity index (χ1n) is 14.6. The number of nitrogens with one attached hydrogen (secondary N) is 2. The maximum absolute atomic E-state index is 14.8. The minimum atomic E-state index is -4.97. The lowest BCUT2D eigenvalue weighted by atomic mass is 9.80. The number of alkyl halides is 9. The van der Waals surface area contributed by atoms with Crippen molar-refractivity contribution in [2.45, 2.75) is 82.3 Å². The van der Waals surface area contributed by atoms with Crippen LogP contribution in [-0.4, -0.2) is 47.4 Å². The molecule has 5 nitrogen and oxygen atoms in total. The van der Waals surface area contributed by atoms with Crippen molar-refractivity contribution >= 4 is 11.5 Å². The van der Waals surface area contributed by atoms with Crippen LogP contribution >= 0.6 is 0 Å². The predicted molar refractivity (Wildman–Crippen MR) is 156 cm³/mol. The van der Waals surface area contributed by atoms with Crippen LogP contribution in [-0.2, 0) is 17.4 Å². The van der Waals surface area contributed by atoms with Gasteiger partial charge in [-0.05, 0) is 54.2 Å². The molecule has 2 aromatic carbocycles. The Labute approximate surface area is 270 Å². The highest BCUT2D eigenvalue weighted by molar-refractivity contribution is 5.82. The van der Waals surface area contributed by atoms with Crippen LogP contribution in [0, 0.1) is 29.0 Å². The molecule has 0 aliphatic heterocycles. The predicted octanol–water partition coefficient (Wildman–Crippen LogP) is 7.63. The van der Waals surface area contributed by atoms with Gasteiger partial charge in [-0.3, -0.25) is 10.1 Å². The second kappa shape index (κ2) is 15.1. The number of aliphatic hydroxyl groups excluding tert-OH is 1. The molecule has 0 aromatic heterocycles. The zero-order chi connectivity index (χ0) is 36.2. The van der Waals surface area contributed by atoms with Crippen molar-refractivity contribution < 1.29 is 53.8 Å². The summed E-state index contributed by atoms with van der Waals surface area (Å²) in [6.07, 6.45) is -12.1. The second-order valence-corrected chi connectivity index (χ2v) is 12.2. The molecular formula is C33H33F10N3O2. The number of amides is 1. The lowest BCUT2D eigenvalue weighted by molar-refractivity contribution is -0.170. The number of benzene rings is 2. The average molecular weight is 694 g/mol. The number of halogens is 10. The molecule has 0 fully saturated rings. The lowest BCUT2D eigenvalue weighted by Crippen LogP contribution is -2.59. The first-order valence-corrected chi connectivity index (χ1v) is 14.6. The molecule has 2 aromatic rings. The molecule has 3 N–H and O–H groups in total. The normalized spacial score (nSPS) is 19.7. The molecule has 0 spiro atoms. The SMILES string of the molecule is CC1C=C(c2ccc([C@@H](O)C(F)F)cc2)C=CC1[C@H](N[C@@H](CC(C)(C)F)C(=O)NC(C#N)Cc1ccc(C(F)(F)F)cc1F)C(F)(F)F. The Morgan fingerprint density at radius 1 is 1.02 bits per heavy atom. The van der Waals surface area contributed by atoms with E-state index in [0.717, 1.165) is 19.9 Å². The zero-order valence-corrected chi connectivity index (χ0v) is 25.8. The standard InChI is InChI=1S/C33H33F10N3O2/c1-17-12-20(18-4-6-19(7-5-18)27(47)29(35)36)9-11-24(17)28(33(41,42)43)46-26(15-31(2,3)37)30(48)45-23(16-44)13-21-8-10-22(14-25(21)34)32(38,39)40/h4-12,14,17,23-24,26-29,46-47H,13,15H2,1-3H3,(H,45,48)/t17?,23?,24?,26-,27+,28-/m0/s1. The summed E-state index contributed by atoms with van der Waals surface area (Å²) >= 11 is 0. The highest BCUT2D eigenvalue weighted by Crippen LogP contribution is 2.37. The zero-order valence-electron chi connectivity index (χ0n) is 25.8. The summed E-state index contributed by atoms with van der Waals surface area (Å²) < 4.78 is 137. The fraction of sp³-hybridized carbons (Fsp3) is 0.455. The Balaban J connectivity index is 1.82. The Morgan fingerprint density at radius 3 is 2.12 bits per heavy atom. The van der Waals surface area contributed by atoms with E-state index in [1.807, 2.05) is 0 Å². The molecule has 0 saturated carbocycles. The van der Waals surface area contributed by atoms with Crippen LogP contribution < -0.4 is 10.6 Å². The maximum Gasteiger partial charge on any atom is 0.416 e. The van der Waals surface area contributed by atoms with Gasteiger partial charge in [0.1, 0.15) is 29.7 Å². The number of allylic oxidation sites excluding steroid dienone is 3. The maximum atomic E-state index is 14.8. The van der Waals surface area contributed by atoms with E-state index < -0.39 is 90.6 Å². The van der Waals surface area contributed by atoms with Crippen molar-refractivity contribution in [2.24, 2.45) is 11.8 Å². The van der Waals surface area contributed by atoms with Crippen molar-refractivity contribution in [1.29, 1.82) is 5.26 Å². The topological polar surface area (TPSA) is 85.2 Å². The Morgan fingerprint density at radius 2 is 1.65 bits per heavy atom. The van der Waals surface area contributed by atoms with Gasteiger partial charge in [0.25, 0.3) is 6.43 Å². The smallest absolute Gasteiger partial charge is 0.382 e. The molecule has 1 aliphatic rings. The van der Waals surface area contributed by atoms with E-state index in [4.69, 9.17) is 0 Å². The van der Waals surface area contributed by atoms with Gasteiger partial charge in [-0.2, -0.15) is 31.6 Å². The number of carbonyl (C=O) groups excluding carboxylic acids is 1. The van der Waals surface area contributed by atoms with Gasteiger partial charge in [-0.1, -0.05) is 55.5 Å². The summed E-state index contributed by atoms with van der Waals surface area (Å²) in [6.45, 7) is 3.53. The van der Waals surface area contributed by atoms with Gasteiger partial charge in [0.2, 0.25) is 5.91 Å². The molecule has 3 rings (SSSR count). The molecule has 0 saturated heterocycles. The third-order valence-corrected chi connectivity index (χ3v) is 7.77. The third kappa shape index (κ3) is 10.3. The highest BCUT2D eigenvalue weighted by atomic mass is 19.4. The number of aliphatic hydroxyl groups is 1. The van der Waals surface area contributed by atoms with Crippen molar-refractivity contribution in [3.8, 4) is 6.07 Å². The molecule has 1 amide bonds. The van der Waals surface area contributed by atoms with Gasteiger partial charge in [0.05, 0.1) is 17.7 Å². The molecule has 262 valence electrons. The largest absolute Gasteiger partial charge is 0.416 e. The number of nitriles is 1. The van der Waals surface area contributed by atoms with Crippen LogP contribution in [0.2, 0.25) is 0 Å². The monoisotopic (exact) mass is 693 g/mol. The van der Waals surface area contributed by atoms with Crippen molar-refractivity contribution in [3.05, 3.63) is 88.8 Å².